The van der Waals surface area contributed by atoms with Crippen LogP contribution in [0.2, 0.25) is 0 Å². The van der Waals surface area contributed by atoms with E-state index in [4.69, 9.17) is 9.47 Å². The Kier molecular flexibility index (Phi) is 7.04. The van der Waals surface area contributed by atoms with Crippen molar-refractivity contribution in [3.05, 3.63) is 94.8 Å². The van der Waals surface area contributed by atoms with E-state index in [2.05, 4.69) is 36.5 Å². The number of nitrogens with one attached hydrogen (secondary N) is 1. The molecule has 0 atom stereocenters. The van der Waals surface area contributed by atoms with Crippen molar-refractivity contribution >= 4 is 0 Å². The van der Waals surface area contributed by atoms with E-state index in [0.717, 1.165) is 12.1 Å². The maximum absolute atomic E-state index is 13.9. The zero-order valence-electron chi connectivity index (χ0n) is 16.4. The minimum absolute atomic E-state index is 0.154. The minimum atomic E-state index is -0.268. The highest BCUT2D eigenvalue weighted by molar-refractivity contribution is 5.47. The quantitative estimate of drug-likeness (QED) is 0.540. The van der Waals surface area contributed by atoms with Crippen LogP contribution in [0.25, 0.3) is 0 Å². The van der Waals surface area contributed by atoms with E-state index in [-0.39, 0.29) is 12.4 Å². The van der Waals surface area contributed by atoms with Crippen molar-refractivity contribution < 1.29 is 13.9 Å². The fourth-order valence-electron chi connectivity index (χ4n) is 2.95. The first-order valence-corrected chi connectivity index (χ1v) is 9.54. The molecular formula is C24H26FNO2. The van der Waals surface area contributed by atoms with Crippen molar-refractivity contribution in [2.45, 2.75) is 33.5 Å². The Hall–Kier alpha value is -2.85. The number of rotatable bonds is 9. The Balaban J connectivity index is 1.71. The second kappa shape index (κ2) is 9.90. The van der Waals surface area contributed by atoms with E-state index < -0.39 is 0 Å². The molecule has 3 aromatic rings. The van der Waals surface area contributed by atoms with Crippen molar-refractivity contribution in [1.82, 2.24) is 5.32 Å². The lowest BCUT2D eigenvalue weighted by Gasteiger charge is -2.17. The highest BCUT2D eigenvalue weighted by Crippen LogP contribution is 2.32. The summed E-state index contributed by atoms with van der Waals surface area (Å²) in [5, 5.41) is 3.45. The van der Waals surface area contributed by atoms with Crippen LogP contribution in [0, 0.1) is 12.7 Å². The van der Waals surface area contributed by atoms with Gasteiger partial charge in [-0.3, -0.25) is 0 Å². The lowest BCUT2D eigenvalue weighted by molar-refractivity contribution is 0.262. The van der Waals surface area contributed by atoms with E-state index in [1.165, 1.54) is 17.2 Å². The third-order valence-electron chi connectivity index (χ3n) is 4.46. The van der Waals surface area contributed by atoms with Gasteiger partial charge in [-0.1, -0.05) is 60.2 Å². The van der Waals surface area contributed by atoms with Crippen molar-refractivity contribution in [1.29, 1.82) is 0 Å². The van der Waals surface area contributed by atoms with Crippen LogP contribution < -0.4 is 14.8 Å². The molecular weight excluding hydrogens is 353 g/mol. The molecule has 3 nitrogen and oxygen atoms in total. The number of para-hydroxylation sites is 1. The molecule has 0 saturated carbocycles. The monoisotopic (exact) mass is 379 g/mol. The summed E-state index contributed by atoms with van der Waals surface area (Å²) >= 11 is 0. The van der Waals surface area contributed by atoms with Crippen LogP contribution >= 0.6 is 0 Å². The molecule has 0 unspecified atom stereocenters. The molecule has 0 aliphatic heterocycles. The molecule has 146 valence electrons. The standard InChI is InChI=1S/C24H26FNO2/c1-3-27-23-10-6-8-20(16-26-15-19-13-11-18(2)12-14-19)24(23)28-17-21-7-4-5-9-22(21)25/h4-14,26H,3,15-17H2,1-2H3. The molecule has 0 aliphatic carbocycles. The maximum Gasteiger partial charge on any atom is 0.166 e. The summed E-state index contributed by atoms with van der Waals surface area (Å²) in [5.74, 6) is 1.06. The number of benzene rings is 3. The second-order valence-corrected chi connectivity index (χ2v) is 6.65. The van der Waals surface area contributed by atoms with Crippen LogP contribution in [0.3, 0.4) is 0 Å². The normalized spacial score (nSPS) is 10.7. The summed E-state index contributed by atoms with van der Waals surface area (Å²) in [5.41, 5.74) is 3.97. The number of halogens is 1. The van der Waals surface area contributed by atoms with Gasteiger partial charge < -0.3 is 14.8 Å². The molecule has 0 spiro atoms. The van der Waals surface area contributed by atoms with E-state index in [0.29, 0.717) is 30.2 Å². The Morgan fingerprint density at radius 1 is 0.821 bits per heavy atom. The van der Waals surface area contributed by atoms with Crippen molar-refractivity contribution in [3.63, 3.8) is 0 Å². The summed E-state index contributed by atoms with van der Waals surface area (Å²) in [4.78, 5) is 0. The smallest absolute Gasteiger partial charge is 0.166 e. The predicted octanol–water partition coefficient (Wildman–Crippen LogP) is 5.40. The largest absolute Gasteiger partial charge is 0.490 e. The highest BCUT2D eigenvalue weighted by Gasteiger charge is 2.12. The lowest BCUT2D eigenvalue weighted by Crippen LogP contribution is -2.14. The summed E-state index contributed by atoms with van der Waals surface area (Å²) in [6.45, 7) is 6.09. The van der Waals surface area contributed by atoms with E-state index >= 15 is 0 Å². The van der Waals surface area contributed by atoms with Crippen LogP contribution in [0.5, 0.6) is 11.5 Å². The van der Waals surface area contributed by atoms with Gasteiger partial charge in [-0.25, -0.2) is 4.39 Å². The van der Waals surface area contributed by atoms with Crippen molar-refractivity contribution in [2.24, 2.45) is 0 Å². The van der Waals surface area contributed by atoms with Crippen LogP contribution in [0.1, 0.15) is 29.2 Å². The molecule has 0 aliphatic rings. The maximum atomic E-state index is 13.9. The average molecular weight is 379 g/mol. The second-order valence-electron chi connectivity index (χ2n) is 6.65. The number of hydrogen-bond donors (Lipinski definition) is 1. The molecule has 0 fully saturated rings. The molecule has 4 heteroatoms. The molecule has 3 rings (SSSR count). The first-order chi connectivity index (χ1) is 13.7. The summed E-state index contributed by atoms with van der Waals surface area (Å²) < 4.78 is 25.7. The summed E-state index contributed by atoms with van der Waals surface area (Å²) in [7, 11) is 0. The molecule has 0 saturated heterocycles. The molecule has 0 aromatic heterocycles. The van der Waals surface area contributed by atoms with Gasteiger partial charge in [-0.2, -0.15) is 0 Å². The predicted molar refractivity (Wildman–Crippen MR) is 110 cm³/mol. The van der Waals surface area contributed by atoms with Gasteiger partial charge in [0.25, 0.3) is 0 Å². The van der Waals surface area contributed by atoms with Gasteiger partial charge in [0.1, 0.15) is 12.4 Å². The Morgan fingerprint density at radius 3 is 2.32 bits per heavy atom. The molecule has 0 heterocycles. The van der Waals surface area contributed by atoms with Gasteiger partial charge in [0.15, 0.2) is 11.5 Å². The van der Waals surface area contributed by atoms with Gasteiger partial charge >= 0.3 is 0 Å². The van der Waals surface area contributed by atoms with Crippen LogP contribution in [-0.4, -0.2) is 6.61 Å². The Morgan fingerprint density at radius 2 is 1.57 bits per heavy atom. The molecule has 28 heavy (non-hydrogen) atoms. The van der Waals surface area contributed by atoms with E-state index in [1.807, 2.05) is 25.1 Å². The van der Waals surface area contributed by atoms with Gasteiger partial charge in [0.2, 0.25) is 0 Å². The first kappa shape index (κ1) is 19.9. The highest BCUT2D eigenvalue weighted by atomic mass is 19.1. The first-order valence-electron chi connectivity index (χ1n) is 9.54. The van der Waals surface area contributed by atoms with Gasteiger partial charge in [0, 0.05) is 24.2 Å². The van der Waals surface area contributed by atoms with Gasteiger partial charge in [0.05, 0.1) is 6.61 Å². The van der Waals surface area contributed by atoms with Crippen molar-refractivity contribution in [2.75, 3.05) is 6.61 Å². The third kappa shape index (κ3) is 5.33. The fourth-order valence-corrected chi connectivity index (χ4v) is 2.95. The number of ether oxygens (including phenoxy) is 2. The number of aryl methyl sites for hydroxylation is 1. The molecule has 0 bridgehead atoms. The molecule has 0 radical (unpaired) electrons. The third-order valence-corrected chi connectivity index (χ3v) is 4.46. The summed E-state index contributed by atoms with van der Waals surface area (Å²) in [6, 6.07) is 20.9. The minimum Gasteiger partial charge on any atom is -0.490 e. The molecule has 3 aromatic carbocycles. The van der Waals surface area contributed by atoms with Gasteiger partial charge in [-0.05, 0) is 31.5 Å². The van der Waals surface area contributed by atoms with Crippen LogP contribution in [0.15, 0.2) is 66.7 Å². The zero-order valence-corrected chi connectivity index (χ0v) is 16.4. The SMILES string of the molecule is CCOc1cccc(CNCc2ccc(C)cc2)c1OCc1ccccc1F. The Bertz CT molecular complexity index is 893. The lowest BCUT2D eigenvalue weighted by atomic mass is 10.1. The van der Waals surface area contributed by atoms with Crippen LogP contribution in [-0.2, 0) is 19.7 Å². The van der Waals surface area contributed by atoms with E-state index in [1.54, 1.807) is 18.2 Å². The fraction of sp³-hybridized carbons (Fsp3) is 0.250. The van der Waals surface area contributed by atoms with Crippen molar-refractivity contribution in [3.8, 4) is 11.5 Å². The van der Waals surface area contributed by atoms with Crippen LogP contribution in [0.4, 0.5) is 4.39 Å². The molecule has 1 N–H and O–H groups in total. The van der Waals surface area contributed by atoms with E-state index in [9.17, 15) is 4.39 Å². The Labute approximate surface area is 166 Å². The molecule has 0 amide bonds. The topological polar surface area (TPSA) is 30.5 Å². The summed E-state index contributed by atoms with van der Waals surface area (Å²) in [6.07, 6.45) is 0. The average Bonchev–Trinajstić information content (AvgIpc) is 2.70. The number of hydrogen-bond acceptors (Lipinski definition) is 3. The zero-order chi connectivity index (χ0) is 19.8. The van der Waals surface area contributed by atoms with Gasteiger partial charge in [-0.15, -0.1) is 0 Å².